The molecule has 0 aliphatic heterocycles. The van der Waals surface area contributed by atoms with Gasteiger partial charge in [0, 0.05) is 18.7 Å². The van der Waals surface area contributed by atoms with Gasteiger partial charge in [0.25, 0.3) is 0 Å². The Hall–Kier alpha value is -1.75. The molecule has 2 aromatic heterocycles. The van der Waals surface area contributed by atoms with E-state index >= 15 is 0 Å². The maximum Gasteiger partial charge on any atom is 0.138 e. The molecule has 20 heavy (non-hydrogen) atoms. The number of pyridine rings is 1. The number of hydrogen-bond acceptors (Lipinski definition) is 4. The smallest absolute Gasteiger partial charge is 0.138 e. The van der Waals surface area contributed by atoms with Crippen LogP contribution in [0.1, 0.15) is 48.6 Å². The standard InChI is InChI=1S/C15H23N5/c1-10(2)20-14(18-9-19-20)7-13(16-5)15-12(4)6-11(3)8-17-15/h6,8-10,13,16H,7H2,1-5H3. The third-order valence-electron chi connectivity index (χ3n) is 3.46. The van der Waals surface area contributed by atoms with E-state index in [1.54, 1.807) is 6.33 Å². The van der Waals surface area contributed by atoms with Gasteiger partial charge in [-0.05, 0) is 45.9 Å². The second kappa shape index (κ2) is 6.13. The second-order valence-electron chi connectivity index (χ2n) is 5.47. The highest BCUT2D eigenvalue weighted by Gasteiger charge is 2.18. The minimum atomic E-state index is 0.150. The predicted octanol–water partition coefficient (Wildman–Crippen LogP) is 2.37. The number of aromatic nitrogens is 4. The zero-order valence-electron chi connectivity index (χ0n) is 12.9. The Morgan fingerprint density at radius 3 is 2.60 bits per heavy atom. The van der Waals surface area contributed by atoms with Crippen LogP contribution in [0.5, 0.6) is 0 Å². The normalized spacial score (nSPS) is 12.9. The topological polar surface area (TPSA) is 55.6 Å². The van der Waals surface area contributed by atoms with Gasteiger partial charge in [-0.2, -0.15) is 5.10 Å². The molecule has 0 amide bonds. The fraction of sp³-hybridized carbons (Fsp3) is 0.533. The first-order valence-electron chi connectivity index (χ1n) is 7.01. The van der Waals surface area contributed by atoms with Crippen LogP contribution in [0.3, 0.4) is 0 Å². The number of nitrogens with zero attached hydrogens (tertiary/aromatic N) is 4. The number of aryl methyl sites for hydroxylation is 2. The van der Waals surface area contributed by atoms with Crippen molar-refractivity contribution in [2.24, 2.45) is 0 Å². The van der Waals surface area contributed by atoms with Crippen molar-refractivity contribution in [3.8, 4) is 0 Å². The van der Waals surface area contributed by atoms with Crippen LogP contribution in [0, 0.1) is 13.8 Å². The van der Waals surface area contributed by atoms with Crippen molar-refractivity contribution in [3.05, 3.63) is 41.2 Å². The number of likely N-dealkylation sites (N-methyl/N-ethyl adjacent to an activating group) is 1. The monoisotopic (exact) mass is 273 g/mol. The Bertz CT molecular complexity index is 573. The molecule has 1 N–H and O–H groups in total. The van der Waals surface area contributed by atoms with Crippen molar-refractivity contribution in [3.63, 3.8) is 0 Å². The molecular weight excluding hydrogens is 250 g/mol. The molecule has 0 radical (unpaired) electrons. The molecule has 0 saturated carbocycles. The predicted molar refractivity (Wildman–Crippen MR) is 79.6 cm³/mol. The van der Waals surface area contributed by atoms with E-state index in [9.17, 15) is 0 Å². The van der Waals surface area contributed by atoms with Gasteiger partial charge in [0.1, 0.15) is 12.2 Å². The van der Waals surface area contributed by atoms with Crippen LogP contribution in [-0.4, -0.2) is 26.8 Å². The highest BCUT2D eigenvalue weighted by atomic mass is 15.3. The summed E-state index contributed by atoms with van der Waals surface area (Å²) in [6.07, 6.45) is 4.32. The minimum Gasteiger partial charge on any atom is -0.311 e. The van der Waals surface area contributed by atoms with Crippen LogP contribution in [0.25, 0.3) is 0 Å². The Balaban J connectivity index is 2.27. The molecule has 0 saturated heterocycles. The van der Waals surface area contributed by atoms with Crippen LogP contribution < -0.4 is 5.32 Å². The van der Waals surface area contributed by atoms with Gasteiger partial charge in [0.15, 0.2) is 0 Å². The summed E-state index contributed by atoms with van der Waals surface area (Å²) < 4.78 is 1.97. The molecule has 0 spiro atoms. The van der Waals surface area contributed by atoms with Crippen LogP contribution in [0.15, 0.2) is 18.6 Å². The quantitative estimate of drug-likeness (QED) is 0.908. The molecule has 2 rings (SSSR count). The molecular formula is C15H23N5. The molecule has 0 aliphatic rings. The van der Waals surface area contributed by atoms with Crippen molar-refractivity contribution in [2.75, 3.05) is 7.05 Å². The van der Waals surface area contributed by atoms with Crippen LogP contribution in [0.2, 0.25) is 0 Å². The largest absolute Gasteiger partial charge is 0.311 e. The summed E-state index contributed by atoms with van der Waals surface area (Å²) >= 11 is 0. The lowest BCUT2D eigenvalue weighted by molar-refractivity contribution is 0.473. The average Bonchev–Trinajstić information content (AvgIpc) is 2.85. The van der Waals surface area contributed by atoms with E-state index in [4.69, 9.17) is 0 Å². The zero-order valence-corrected chi connectivity index (χ0v) is 12.9. The SMILES string of the molecule is CNC(Cc1ncnn1C(C)C)c1ncc(C)cc1C. The van der Waals surface area contributed by atoms with Gasteiger partial charge in [-0.15, -0.1) is 0 Å². The fourth-order valence-corrected chi connectivity index (χ4v) is 2.46. The fourth-order valence-electron chi connectivity index (χ4n) is 2.46. The van der Waals surface area contributed by atoms with Crippen molar-refractivity contribution in [1.29, 1.82) is 0 Å². The molecule has 0 aliphatic carbocycles. The van der Waals surface area contributed by atoms with E-state index in [1.165, 1.54) is 11.1 Å². The summed E-state index contributed by atoms with van der Waals surface area (Å²) in [7, 11) is 1.96. The van der Waals surface area contributed by atoms with Gasteiger partial charge in [-0.1, -0.05) is 6.07 Å². The molecule has 5 nitrogen and oxygen atoms in total. The van der Waals surface area contributed by atoms with Gasteiger partial charge in [0.05, 0.1) is 11.7 Å². The van der Waals surface area contributed by atoms with E-state index in [0.29, 0.717) is 6.04 Å². The van der Waals surface area contributed by atoms with E-state index in [0.717, 1.165) is 17.9 Å². The molecule has 5 heteroatoms. The molecule has 1 unspecified atom stereocenters. The molecule has 0 aromatic carbocycles. The summed E-state index contributed by atoms with van der Waals surface area (Å²) in [4.78, 5) is 8.97. The summed E-state index contributed by atoms with van der Waals surface area (Å²) in [5.41, 5.74) is 3.47. The Kier molecular flexibility index (Phi) is 4.49. The Morgan fingerprint density at radius 1 is 1.25 bits per heavy atom. The summed E-state index contributed by atoms with van der Waals surface area (Å²) in [5, 5.41) is 7.63. The van der Waals surface area contributed by atoms with E-state index < -0.39 is 0 Å². The highest BCUT2D eigenvalue weighted by Crippen LogP contribution is 2.20. The maximum absolute atomic E-state index is 4.58. The maximum atomic E-state index is 4.58. The molecule has 108 valence electrons. The van der Waals surface area contributed by atoms with Gasteiger partial charge < -0.3 is 5.32 Å². The average molecular weight is 273 g/mol. The number of hydrogen-bond donors (Lipinski definition) is 1. The lowest BCUT2D eigenvalue weighted by Crippen LogP contribution is -2.23. The Morgan fingerprint density at radius 2 is 2.00 bits per heavy atom. The first-order chi connectivity index (χ1) is 9.52. The first-order valence-corrected chi connectivity index (χ1v) is 7.01. The minimum absolute atomic E-state index is 0.150. The summed E-state index contributed by atoms with van der Waals surface area (Å²) in [6.45, 7) is 8.39. The van der Waals surface area contributed by atoms with Gasteiger partial charge in [-0.25, -0.2) is 9.67 Å². The van der Waals surface area contributed by atoms with E-state index in [2.05, 4.69) is 54.1 Å². The molecule has 0 fully saturated rings. The van der Waals surface area contributed by atoms with Crippen LogP contribution in [-0.2, 0) is 6.42 Å². The zero-order chi connectivity index (χ0) is 14.7. The van der Waals surface area contributed by atoms with Gasteiger partial charge >= 0.3 is 0 Å². The molecule has 0 bridgehead atoms. The van der Waals surface area contributed by atoms with E-state index in [-0.39, 0.29) is 6.04 Å². The molecule has 2 heterocycles. The number of rotatable bonds is 5. The van der Waals surface area contributed by atoms with Crippen molar-refractivity contribution in [2.45, 2.75) is 46.2 Å². The highest BCUT2D eigenvalue weighted by molar-refractivity contribution is 5.26. The third-order valence-corrected chi connectivity index (χ3v) is 3.46. The summed E-state index contributed by atoms with van der Waals surface area (Å²) in [6, 6.07) is 2.63. The van der Waals surface area contributed by atoms with Gasteiger partial charge in [0.2, 0.25) is 0 Å². The Labute approximate surface area is 120 Å². The van der Waals surface area contributed by atoms with Crippen LogP contribution in [0.4, 0.5) is 0 Å². The van der Waals surface area contributed by atoms with Crippen molar-refractivity contribution >= 4 is 0 Å². The lowest BCUT2D eigenvalue weighted by Gasteiger charge is -2.19. The van der Waals surface area contributed by atoms with Crippen LogP contribution >= 0.6 is 0 Å². The first kappa shape index (κ1) is 14.7. The van der Waals surface area contributed by atoms with Crippen molar-refractivity contribution < 1.29 is 0 Å². The number of nitrogens with one attached hydrogen (secondary N) is 1. The van der Waals surface area contributed by atoms with Gasteiger partial charge in [-0.3, -0.25) is 4.98 Å². The molecule has 1 atom stereocenters. The van der Waals surface area contributed by atoms with Crippen molar-refractivity contribution in [1.82, 2.24) is 25.1 Å². The summed E-state index contributed by atoms with van der Waals surface area (Å²) in [5.74, 6) is 0.987. The molecule has 2 aromatic rings. The van der Waals surface area contributed by atoms with E-state index in [1.807, 2.05) is 17.9 Å². The lowest BCUT2D eigenvalue weighted by atomic mass is 10.0. The second-order valence-corrected chi connectivity index (χ2v) is 5.47. The third kappa shape index (κ3) is 3.04.